The van der Waals surface area contributed by atoms with Crippen LogP contribution in [0.4, 0.5) is 0 Å². The van der Waals surface area contributed by atoms with Gasteiger partial charge in [0.05, 0.1) is 6.61 Å². The molecule has 0 aromatic carbocycles. The number of hydrogen-bond donors (Lipinski definition) is 0. The Morgan fingerprint density at radius 1 is 1.08 bits per heavy atom. The van der Waals surface area contributed by atoms with Gasteiger partial charge in [-0.3, -0.25) is 0 Å². The summed E-state index contributed by atoms with van der Waals surface area (Å²) < 4.78 is 5.80. The van der Waals surface area contributed by atoms with Crippen LogP contribution in [0.25, 0.3) is 0 Å². The lowest BCUT2D eigenvalue weighted by atomic mass is 10.4. The van der Waals surface area contributed by atoms with E-state index in [9.17, 15) is 0 Å². The Labute approximate surface area is 85.3 Å². The van der Waals surface area contributed by atoms with Gasteiger partial charge in [-0.15, -0.1) is 0 Å². The fourth-order valence-electron chi connectivity index (χ4n) is 1.12. The summed E-state index contributed by atoms with van der Waals surface area (Å²) in [5, 5.41) is 0. The van der Waals surface area contributed by atoms with Crippen LogP contribution in [0.15, 0.2) is 12.2 Å². The molecule has 0 saturated carbocycles. The molecule has 0 spiro atoms. The van der Waals surface area contributed by atoms with Gasteiger partial charge in [-0.25, -0.2) is 0 Å². The second kappa shape index (κ2) is 4.57. The Balaban J connectivity index is 3.78. The molecule has 0 aliphatic rings. The standard InChI is InChI=1S/C10H24OSi2/c1-10(9-12(2,3)4)8-11-13(5,6)7/h1,8-9H2,2-7H3. The fraction of sp³-hybridized carbons (Fsp3) is 0.800. The Morgan fingerprint density at radius 2 is 1.54 bits per heavy atom. The summed E-state index contributed by atoms with van der Waals surface area (Å²) in [5.74, 6) is 0. The lowest BCUT2D eigenvalue weighted by Gasteiger charge is -2.21. The van der Waals surface area contributed by atoms with Gasteiger partial charge in [-0.2, -0.15) is 0 Å². The summed E-state index contributed by atoms with van der Waals surface area (Å²) in [7, 11) is -2.32. The Kier molecular flexibility index (Phi) is 4.62. The molecule has 0 aliphatic carbocycles. The summed E-state index contributed by atoms with van der Waals surface area (Å²) in [6, 6.07) is 1.19. The molecule has 0 rings (SSSR count). The minimum Gasteiger partial charge on any atom is -0.414 e. The molecule has 3 heteroatoms. The first-order valence-corrected chi connectivity index (χ1v) is 12.0. The van der Waals surface area contributed by atoms with E-state index in [2.05, 4.69) is 45.9 Å². The van der Waals surface area contributed by atoms with E-state index in [1.54, 1.807) is 0 Å². The maximum absolute atomic E-state index is 5.80. The molecule has 0 aromatic rings. The highest BCUT2D eigenvalue weighted by molar-refractivity contribution is 6.76. The monoisotopic (exact) mass is 216 g/mol. The first-order chi connectivity index (χ1) is 5.60. The van der Waals surface area contributed by atoms with Gasteiger partial charge < -0.3 is 4.43 Å². The van der Waals surface area contributed by atoms with Crippen LogP contribution in [0.3, 0.4) is 0 Å². The van der Waals surface area contributed by atoms with Crippen molar-refractivity contribution in [3.63, 3.8) is 0 Å². The summed E-state index contributed by atoms with van der Waals surface area (Å²) >= 11 is 0. The zero-order valence-corrected chi connectivity index (χ0v) is 12.0. The van der Waals surface area contributed by atoms with E-state index in [-0.39, 0.29) is 0 Å². The van der Waals surface area contributed by atoms with Crippen molar-refractivity contribution in [3.05, 3.63) is 12.2 Å². The summed E-state index contributed by atoms with van der Waals surface area (Å²) in [6.07, 6.45) is 0. The van der Waals surface area contributed by atoms with Crippen molar-refractivity contribution < 1.29 is 4.43 Å². The van der Waals surface area contributed by atoms with E-state index >= 15 is 0 Å². The van der Waals surface area contributed by atoms with Crippen molar-refractivity contribution in [2.75, 3.05) is 6.61 Å². The van der Waals surface area contributed by atoms with E-state index in [1.807, 2.05) is 0 Å². The van der Waals surface area contributed by atoms with Crippen molar-refractivity contribution in [2.45, 2.75) is 45.3 Å². The number of hydrogen-bond acceptors (Lipinski definition) is 1. The first kappa shape index (κ1) is 13.1. The maximum atomic E-state index is 5.80. The van der Waals surface area contributed by atoms with Gasteiger partial charge in [-0.05, 0) is 25.7 Å². The van der Waals surface area contributed by atoms with Gasteiger partial charge in [0.25, 0.3) is 0 Å². The molecular formula is C10H24OSi2. The van der Waals surface area contributed by atoms with Gasteiger partial charge in [0, 0.05) is 8.07 Å². The average Bonchev–Trinajstić information content (AvgIpc) is 1.78. The highest BCUT2D eigenvalue weighted by Crippen LogP contribution is 2.16. The second-order valence-electron chi connectivity index (χ2n) is 5.89. The van der Waals surface area contributed by atoms with E-state index in [1.165, 1.54) is 11.6 Å². The summed E-state index contributed by atoms with van der Waals surface area (Å²) in [5.41, 5.74) is 1.28. The molecule has 0 atom stereocenters. The minimum atomic E-state index is -1.34. The molecule has 0 unspecified atom stereocenters. The molecule has 0 heterocycles. The van der Waals surface area contributed by atoms with Crippen LogP contribution in [0.1, 0.15) is 0 Å². The first-order valence-electron chi connectivity index (χ1n) is 4.91. The SMILES string of the molecule is C=C(CO[Si](C)(C)C)C[Si](C)(C)C. The van der Waals surface area contributed by atoms with Crippen LogP contribution in [-0.2, 0) is 4.43 Å². The van der Waals surface area contributed by atoms with Crippen molar-refractivity contribution in [3.8, 4) is 0 Å². The van der Waals surface area contributed by atoms with Crippen molar-refractivity contribution in [2.24, 2.45) is 0 Å². The van der Waals surface area contributed by atoms with Crippen LogP contribution in [0.5, 0.6) is 0 Å². The predicted octanol–water partition coefficient (Wildman–Crippen LogP) is 3.73. The lowest BCUT2D eigenvalue weighted by molar-refractivity contribution is 0.347. The van der Waals surface area contributed by atoms with Crippen LogP contribution in [0.2, 0.25) is 45.3 Å². The molecule has 0 bridgehead atoms. The minimum absolute atomic E-state index is 0.778. The molecule has 78 valence electrons. The van der Waals surface area contributed by atoms with Gasteiger partial charge in [0.15, 0.2) is 8.32 Å². The van der Waals surface area contributed by atoms with Crippen molar-refractivity contribution in [1.82, 2.24) is 0 Å². The second-order valence-corrected chi connectivity index (χ2v) is 15.9. The van der Waals surface area contributed by atoms with Crippen LogP contribution < -0.4 is 0 Å². The maximum Gasteiger partial charge on any atom is 0.184 e. The molecule has 0 saturated heterocycles. The molecule has 0 radical (unpaired) electrons. The van der Waals surface area contributed by atoms with E-state index in [0.29, 0.717) is 0 Å². The molecule has 13 heavy (non-hydrogen) atoms. The summed E-state index contributed by atoms with van der Waals surface area (Å²) in [6.45, 7) is 18.6. The van der Waals surface area contributed by atoms with Crippen LogP contribution >= 0.6 is 0 Å². The Hall–Kier alpha value is 0.134. The molecule has 1 nitrogen and oxygen atoms in total. The third-order valence-corrected chi connectivity index (χ3v) is 4.06. The molecule has 0 aliphatic heterocycles. The molecule has 0 fully saturated rings. The van der Waals surface area contributed by atoms with Crippen molar-refractivity contribution >= 4 is 16.4 Å². The van der Waals surface area contributed by atoms with Gasteiger partial charge >= 0.3 is 0 Å². The number of rotatable bonds is 5. The normalized spacial score (nSPS) is 13.1. The smallest absolute Gasteiger partial charge is 0.184 e. The van der Waals surface area contributed by atoms with Crippen LogP contribution in [0, 0.1) is 0 Å². The average molecular weight is 216 g/mol. The largest absolute Gasteiger partial charge is 0.414 e. The van der Waals surface area contributed by atoms with Gasteiger partial charge in [-0.1, -0.05) is 31.8 Å². The van der Waals surface area contributed by atoms with Crippen molar-refractivity contribution in [1.29, 1.82) is 0 Å². The predicted molar refractivity (Wildman–Crippen MR) is 66.6 cm³/mol. The van der Waals surface area contributed by atoms with Gasteiger partial charge in [0.2, 0.25) is 0 Å². The molecule has 0 aromatic heterocycles. The zero-order chi connectivity index (χ0) is 10.7. The molecular weight excluding hydrogens is 192 g/mol. The van der Waals surface area contributed by atoms with E-state index < -0.39 is 16.4 Å². The Bertz CT molecular complexity index is 174. The molecule has 0 N–H and O–H groups in total. The van der Waals surface area contributed by atoms with E-state index in [4.69, 9.17) is 4.43 Å². The topological polar surface area (TPSA) is 9.23 Å². The molecule has 0 amide bonds. The zero-order valence-electron chi connectivity index (χ0n) is 10.0. The van der Waals surface area contributed by atoms with E-state index in [0.717, 1.165) is 6.61 Å². The fourth-order valence-corrected chi connectivity index (χ4v) is 3.36. The quantitative estimate of drug-likeness (QED) is 0.502. The highest BCUT2D eigenvalue weighted by atomic mass is 28.4. The van der Waals surface area contributed by atoms with Crippen LogP contribution in [-0.4, -0.2) is 23.0 Å². The highest BCUT2D eigenvalue weighted by Gasteiger charge is 2.18. The lowest BCUT2D eigenvalue weighted by Crippen LogP contribution is -2.28. The van der Waals surface area contributed by atoms with Gasteiger partial charge in [0.1, 0.15) is 0 Å². The third-order valence-electron chi connectivity index (χ3n) is 1.49. The Morgan fingerprint density at radius 3 is 1.85 bits per heavy atom. The third kappa shape index (κ3) is 10.1. The summed E-state index contributed by atoms with van der Waals surface area (Å²) in [4.78, 5) is 0.